The number of nitrogens with two attached hydrogens (primary N) is 1. The van der Waals surface area contributed by atoms with Gasteiger partial charge in [-0.05, 0) is 162 Å². The third kappa shape index (κ3) is 21.9. The molecule has 0 radical (unpaired) electrons. The number of ether oxygens (including phenoxy) is 5. The van der Waals surface area contributed by atoms with Crippen molar-refractivity contribution in [2.45, 2.75) is 80.5 Å². The van der Waals surface area contributed by atoms with E-state index in [2.05, 4.69) is 66.9 Å². The summed E-state index contributed by atoms with van der Waals surface area (Å²) in [7, 11) is 7.91. The molecule has 11 rings (SSSR count). The van der Waals surface area contributed by atoms with Gasteiger partial charge in [0.2, 0.25) is 29.4 Å². The number of aromatic nitrogens is 7. The summed E-state index contributed by atoms with van der Waals surface area (Å²) in [6, 6.07) is 32.9. The van der Waals surface area contributed by atoms with Gasteiger partial charge in [-0.1, -0.05) is 45.4 Å². The molecule has 518 valence electrons. The lowest BCUT2D eigenvalue weighted by molar-refractivity contribution is -0.101. The van der Waals surface area contributed by atoms with Crippen LogP contribution in [0, 0.1) is 78.1 Å². The van der Waals surface area contributed by atoms with E-state index in [0.717, 1.165) is 60.9 Å². The Hall–Kier alpha value is -11.8. The topological polar surface area (TPSA) is 362 Å². The van der Waals surface area contributed by atoms with Gasteiger partial charge < -0.3 is 28.5 Å². The van der Waals surface area contributed by atoms with Gasteiger partial charge in [0, 0.05) is 70.0 Å². The summed E-state index contributed by atoms with van der Waals surface area (Å²) >= 11 is 3.38. The number of benzene rings is 2. The lowest BCUT2D eigenvalue weighted by Gasteiger charge is -2.15. The average molecular weight is 1430 g/mol. The van der Waals surface area contributed by atoms with Crippen LogP contribution in [0.25, 0.3) is 0 Å². The number of fused-ring (bicyclic) bond motifs is 2. The summed E-state index contributed by atoms with van der Waals surface area (Å²) in [5.74, 6) is 5.68. The molecule has 3 N–H and O–H groups in total. The SMILES string of the molecule is COc1nccc(C)c1C.COc1nccc(C)c1CBr.COc1nccc(C)c1CO/N=C/c1cc(C#N)cc(C)n1.COc1nccc(C)c1CON.COc1nccc(C)c1CON1C(=O)c2ccccc2C1=O.Cc1cc(C#N)cc(C=O)n1.O=C1c2ccccc2C(=O)N1O. The van der Waals surface area contributed by atoms with Crippen LogP contribution in [0.2, 0.25) is 0 Å². The molecule has 0 atom stereocenters. The van der Waals surface area contributed by atoms with Gasteiger partial charge in [0.05, 0.1) is 105 Å². The number of hydroxylamine groups is 4. The van der Waals surface area contributed by atoms with Crippen LogP contribution in [0.5, 0.6) is 29.4 Å². The number of hydrogen-bond acceptors (Lipinski definition) is 25. The molecule has 0 fully saturated rings. The lowest BCUT2D eigenvalue weighted by Crippen LogP contribution is -2.30. The summed E-state index contributed by atoms with van der Waals surface area (Å²) in [5, 5.41) is 31.9. The molecule has 2 aliphatic rings. The van der Waals surface area contributed by atoms with Gasteiger partial charge in [0.15, 0.2) is 6.29 Å². The Bertz CT molecular complexity index is 4380. The Kier molecular flexibility index (Phi) is 31.6. The zero-order valence-corrected chi connectivity index (χ0v) is 58.8. The summed E-state index contributed by atoms with van der Waals surface area (Å²) in [6.07, 6.45) is 10.6. The van der Waals surface area contributed by atoms with Crippen LogP contribution in [0.15, 0.2) is 139 Å². The fraction of sp³-hybridized carbons (Fsp3) is 0.236. The molecule has 7 aromatic heterocycles. The first-order chi connectivity index (χ1) is 48.1. The van der Waals surface area contributed by atoms with Gasteiger partial charge in [-0.25, -0.2) is 30.8 Å². The highest BCUT2D eigenvalue weighted by molar-refractivity contribution is 9.08. The molecule has 0 spiro atoms. The maximum atomic E-state index is 12.2. The molecular formula is C72H74BrN13O14. The number of aldehydes is 1. The number of pyridine rings is 7. The normalized spacial score (nSPS) is 11.3. The van der Waals surface area contributed by atoms with Crippen molar-refractivity contribution in [3.05, 3.63) is 246 Å². The fourth-order valence-electron chi connectivity index (χ4n) is 8.97. The second kappa shape index (κ2) is 40.1. The number of oxime groups is 1. The van der Waals surface area contributed by atoms with E-state index in [1.165, 1.54) is 42.7 Å². The van der Waals surface area contributed by atoms with Crippen molar-refractivity contribution < 1.29 is 67.4 Å². The molecule has 0 saturated heterocycles. The first-order valence-electron chi connectivity index (χ1n) is 30.0. The zero-order chi connectivity index (χ0) is 73.4. The van der Waals surface area contributed by atoms with Crippen LogP contribution < -0.4 is 29.6 Å². The van der Waals surface area contributed by atoms with E-state index < -0.39 is 23.6 Å². The van der Waals surface area contributed by atoms with Gasteiger partial charge in [-0.3, -0.25) is 48.8 Å². The number of methoxy groups -OCH3 is 5. The van der Waals surface area contributed by atoms with Crippen LogP contribution >= 0.6 is 15.9 Å². The number of rotatable bonds is 16. The summed E-state index contributed by atoms with van der Waals surface area (Å²) < 4.78 is 25.5. The monoisotopic (exact) mass is 1420 g/mol. The number of halogens is 1. The summed E-state index contributed by atoms with van der Waals surface area (Å²) in [4.78, 5) is 101. The minimum atomic E-state index is -0.657. The second-order valence-electron chi connectivity index (χ2n) is 21.1. The quantitative estimate of drug-likeness (QED) is 0.0227. The number of hydrogen-bond donors (Lipinski definition) is 2. The van der Waals surface area contributed by atoms with Crippen molar-refractivity contribution >= 4 is 52.1 Å². The number of carbonyl (C=O) groups excluding carboxylic acids is 5. The van der Waals surface area contributed by atoms with Crippen LogP contribution in [-0.2, 0) is 39.7 Å². The number of nitrogens with zero attached hydrogens (tertiary/aromatic N) is 12. The zero-order valence-electron chi connectivity index (χ0n) is 57.3. The number of carbonyl (C=O) groups is 5. The maximum absolute atomic E-state index is 12.2. The second-order valence-corrected chi connectivity index (χ2v) is 21.6. The van der Waals surface area contributed by atoms with E-state index in [1.807, 2.05) is 84.9 Å². The molecule has 0 saturated carbocycles. The highest BCUT2D eigenvalue weighted by Gasteiger charge is 2.37. The fourth-order valence-corrected chi connectivity index (χ4v) is 9.65. The number of amides is 4. The van der Waals surface area contributed by atoms with Crippen LogP contribution in [0.4, 0.5) is 0 Å². The maximum Gasteiger partial charge on any atom is 0.285 e. The molecule has 27 nitrogen and oxygen atoms in total. The molecule has 28 heteroatoms. The first-order valence-corrected chi connectivity index (χ1v) is 31.1. The first kappa shape index (κ1) is 78.9. The van der Waals surface area contributed by atoms with E-state index in [9.17, 15) is 24.0 Å². The summed E-state index contributed by atoms with van der Waals surface area (Å²) in [6.45, 7) is 16.0. The van der Waals surface area contributed by atoms with E-state index >= 15 is 0 Å². The molecule has 0 aliphatic carbocycles. The van der Waals surface area contributed by atoms with Crippen LogP contribution in [0.3, 0.4) is 0 Å². The van der Waals surface area contributed by atoms with Crippen LogP contribution in [-0.4, -0.2) is 122 Å². The molecule has 100 heavy (non-hydrogen) atoms. The van der Waals surface area contributed by atoms with E-state index in [-0.39, 0.29) is 29.4 Å². The predicted molar refractivity (Wildman–Crippen MR) is 370 cm³/mol. The molecular weight excluding hydrogens is 1350 g/mol. The molecule has 9 aromatic rings. The van der Waals surface area contributed by atoms with E-state index in [0.29, 0.717) is 81.3 Å². The minimum absolute atomic E-state index is 0.0221. The van der Waals surface area contributed by atoms with Crippen molar-refractivity contribution in [1.82, 2.24) is 45.0 Å². The third-order valence-corrected chi connectivity index (χ3v) is 15.0. The van der Waals surface area contributed by atoms with Crippen molar-refractivity contribution in [2.75, 3.05) is 35.5 Å². The van der Waals surface area contributed by atoms with Gasteiger partial charge in [-0.15, -0.1) is 10.1 Å². The van der Waals surface area contributed by atoms with Gasteiger partial charge in [0.1, 0.15) is 18.9 Å². The van der Waals surface area contributed by atoms with E-state index in [4.69, 9.17) is 55.0 Å². The number of aryl methyl sites for hydroxylation is 7. The van der Waals surface area contributed by atoms with Crippen molar-refractivity contribution in [1.29, 1.82) is 10.5 Å². The highest BCUT2D eigenvalue weighted by Crippen LogP contribution is 2.27. The molecule has 0 bridgehead atoms. The lowest BCUT2D eigenvalue weighted by atomic mass is 10.1. The third-order valence-electron chi connectivity index (χ3n) is 14.4. The van der Waals surface area contributed by atoms with Crippen molar-refractivity contribution in [3.8, 4) is 41.5 Å². The predicted octanol–water partition coefficient (Wildman–Crippen LogP) is 11.2. The standard InChI is InChI=1S/C16H16N4O2.C16H14N2O4.C8H10BrNO.C8H12N2O2.C8H6N2O.C8H5NO3.C8H11NO/c1-11-4-5-18-16(21-3)15(11)10-22-19-9-14-7-13(8-17)6-12(2)20-14;1-10-7-8-17-14(21-2)13(10)9-22-18-15(19)11-5-3-4-6-12(11)16(18)20;1-6-3-4-10-8(11-2)7(6)5-9;1-6-3-4-10-8(11-2)7(6)5-12-9;1-6-2-7(4-9)3-8(5-11)10-6;10-7-5-3-1-2-4-6(5)8(11)9(7)12;1-6-4-5-9-8(10-3)7(6)2/h4-7,9H,10H2,1-3H3;3-8H,9H2,1-2H3;3-4H,5H2,1-2H3;3-4H,5,9H2,1-2H3;2-3,5H,1H3;1-4,12H;4-5H,1-3H3/b19-9+;;;;;;. The van der Waals surface area contributed by atoms with Crippen LogP contribution in [0.1, 0.15) is 136 Å². The smallest absolute Gasteiger partial charge is 0.285 e. The summed E-state index contributed by atoms with van der Waals surface area (Å²) in [5.41, 5.74) is 14.6. The molecule has 2 aliphatic heterocycles. The molecule has 4 amide bonds. The number of imide groups is 2. The molecule has 9 heterocycles. The van der Waals surface area contributed by atoms with Gasteiger partial charge in [0.25, 0.3) is 23.6 Å². The Morgan fingerprint density at radius 1 is 0.500 bits per heavy atom. The van der Waals surface area contributed by atoms with Crippen molar-refractivity contribution in [2.24, 2.45) is 11.1 Å². The van der Waals surface area contributed by atoms with Gasteiger partial charge >= 0.3 is 0 Å². The highest BCUT2D eigenvalue weighted by atomic mass is 79.9. The Labute approximate surface area is 586 Å². The van der Waals surface area contributed by atoms with Crippen molar-refractivity contribution in [3.63, 3.8) is 0 Å². The number of alkyl halides is 1. The average Bonchev–Trinajstić information content (AvgIpc) is 1.65. The molecule has 2 aromatic carbocycles. The Balaban J connectivity index is 0.000000216. The van der Waals surface area contributed by atoms with Gasteiger partial charge in [-0.2, -0.15) is 10.5 Å². The largest absolute Gasteiger partial charge is 0.481 e. The Morgan fingerprint density at radius 3 is 1.24 bits per heavy atom. The minimum Gasteiger partial charge on any atom is -0.481 e. The molecule has 0 unspecified atom stereocenters. The Morgan fingerprint density at radius 2 is 0.860 bits per heavy atom. The number of nitriles is 2. The van der Waals surface area contributed by atoms with E-state index in [1.54, 1.807) is 121 Å².